The van der Waals surface area contributed by atoms with Gasteiger partial charge in [0.15, 0.2) is 0 Å². The Hall–Kier alpha value is -2.34. The number of hydrogen-bond donors (Lipinski definition) is 2. The number of carbonyl (C=O) groups excluding carboxylic acids is 1. The molecule has 1 amide bonds. The molecule has 0 saturated carbocycles. The Labute approximate surface area is 149 Å². The van der Waals surface area contributed by atoms with E-state index in [2.05, 4.69) is 10.0 Å². The topological polar surface area (TPSA) is 75.3 Å². The Balaban J connectivity index is 2.18. The molecule has 6 heteroatoms. The molecule has 0 unspecified atom stereocenters. The van der Waals surface area contributed by atoms with Gasteiger partial charge in [0.1, 0.15) is 0 Å². The first-order valence-corrected chi connectivity index (χ1v) is 9.65. The number of sulfonamides is 1. The van der Waals surface area contributed by atoms with Gasteiger partial charge in [0, 0.05) is 12.1 Å². The lowest BCUT2D eigenvalue weighted by molar-refractivity contribution is 0.0949. The van der Waals surface area contributed by atoms with Crippen molar-refractivity contribution in [2.75, 3.05) is 11.3 Å². The fourth-order valence-electron chi connectivity index (χ4n) is 2.24. The lowest BCUT2D eigenvalue weighted by atomic mass is 10.1. The summed E-state index contributed by atoms with van der Waals surface area (Å²) in [5.74, 6) is 0.204. The molecule has 0 fully saturated rings. The molecule has 0 saturated heterocycles. The van der Waals surface area contributed by atoms with Crippen LogP contribution in [-0.4, -0.2) is 20.9 Å². The molecule has 0 atom stereocenters. The van der Waals surface area contributed by atoms with Crippen LogP contribution in [0.1, 0.15) is 35.3 Å². The maximum Gasteiger partial charge on any atom is 0.261 e. The summed E-state index contributed by atoms with van der Waals surface area (Å²) in [5, 5.41) is 2.85. The Morgan fingerprint density at radius 2 is 1.68 bits per heavy atom. The quantitative estimate of drug-likeness (QED) is 0.828. The molecule has 0 radical (unpaired) electrons. The van der Waals surface area contributed by atoms with Crippen LogP contribution in [0.3, 0.4) is 0 Å². The van der Waals surface area contributed by atoms with Gasteiger partial charge in [0.2, 0.25) is 0 Å². The number of benzene rings is 2. The summed E-state index contributed by atoms with van der Waals surface area (Å²) in [6, 6.07) is 11.6. The zero-order valence-electron chi connectivity index (χ0n) is 15.0. The normalized spacial score (nSPS) is 11.4. The molecular formula is C19H24N2O3S. The van der Waals surface area contributed by atoms with Crippen molar-refractivity contribution >= 4 is 21.6 Å². The summed E-state index contributed by atoms with van der Waals surface area (Å²) in [6.07, 6.45) is 0. The van der Waals surface area contributed by atoms with E-state index in [4.69, 9.17) is 0 Å². The molecule has 0 heterocycles. The van der Waals surface area contributed by atoms with Crippen molar-refractivity contribution in [2.24, 2.45) is 5.92 Å². The van der Waals surface area contributed by atoms with E-state index in [9.17, 15) is 13.2 Å². The van der Waals surface area contributed by atoms with Crippen molar-refractivity contribution in [1.29, 1.82) is 0 Å². The minimum atomic E-state index is -3.66. The third kappa shape index (κ3) is 5.06. The molecular weight excluding hydrogens is 336 g/mol. The van der Waals surface area contributed by atoms with Gasteiger partial charge in [0.25, 0.3) is 15.9 Å². The third-order valence-corrected chi connectivity index (χ3v) is 5.12. The number of aryl methyl sites for hydroxylation is 2. The predicted octanol–water partition coefficient (Wildman–Crippen LogP) is 3.49. The molecule has 134 valence electrons. The number of anilines is 1. The van der Waals surface area contributed by atoms with Gasteiger partial charge in [-0.2, -0.15) is 0 Å². The zero-order chi connectivity index (χ0) is 18.6. The highest BCUT2D eigenvalue weighted by Gasteiger charge is 2.16. The first-order valence-electron chi connectivity index (χ1n) is 8.17. The van der Waals surface area contributed by atoms with Gasteiger partial charge in [-0.3, -0.25) is 9.52 Å². The summed E-state index contributed by atoms with van der Waals surface area (Å²) >= 11 is 0. The van der Waals surface area contributed by atoms with Crippen LogP contribution in [0.5, 0.6) is 0 Å². The van der Waals surface area contributed by atoms with Crippen molar-refractivity contribution in [3.63, 3.8) is 0 Å². The highest BCUT2D eigenvalue weighted by Crippen LogP contribution is 2.21. The van der Waals surface area contributed by atoms with E-state index in [0.717, 1.165) is 5.56 Å². The highest BCUT2D eigenvalue weighted by atomic mass is 32.2. The van der Waals surface area contributed by atoms with Crippen molar-refractivity contribution in [1.82, 2.24) is 5.32 Å². The van der Waals surface area contributed by atoms with E-state index in [-0.39, 0.29) is 10.8 Å². The second-order valence-corrected chi connectivity index (χ2v) is 8.23. The largest absolute Gasteiger partial charge is 0.352 e. The van der Waals surface area contributed by atoms with E-state index in [1.54, 1.807) is 49.4 Å². The fourth-order valence-corrected chi connectivity index (χ4v) is 3.37. The SMILES string of the molecule is Cc1ccc(S(=O)(=O)Nc2ccc(C(=O)NCC(C)C)cc2C)cc1. The highest BCUT2D eigenvalue weighted by molar-refractivity contribution is 7.92. The molecule has 0 aliphatic carbocycles. The molecule has 0 aliphatic rings. The van der Waals surface area contributed by atoms with E-state index in [1.165, 1.54) is 0 Å². The molecule has 0 bridgehead atoms. The van der Waals surface area contributed by atoms with Gasteiger partial charge in [-0.1, -0.05) is 31.5 Å². The van der Waals surface area contributed by atoms with E-state index < -0.39 is 10.0 Å². The monoisotopic (exact) mass is 360 g/mol. The average Bonchev–Trinajstić information content (AvgIpc) is 2.54. The predicted molar refractivity (Wildman–Crippen MR) is 100 cm³/mol. The van der Waals surface area contributed by atoms with Crippen LogP contribution in [-0.2, 0) is 10.0 Å². The van der Waals surface area contributed by atoms with Crippen LogP contribution >= 0.6 is 0 Å². The van der Waals surface area contributed by atoms with Crippen LogP contribution in [0.2, 0.25) is 0 Å². The third-order valence-electron chi connectivity index (χ3n) is 3.74. The van der Waals surface area contributed by atoms with Gasteiger partial charge in [-0.15, -0.1) is 0 Å². The molecule has 2 N–H and O–H groups in total. The van der Waals surface area contributed by atoms with Crippen LogP contribution in [0.15, 0.2) is 47.4 Å². The minimum absolute atomic E-state index is 0.162. The first-order chi connectivity index (χ1) is 11.7. The van der Waals surface area contributed by atoms with E-state index in [0.29, 0.717) is 29.3 Å². The maximum atomic E-state index is 12.5. The molecule has 5 nitrogen and oxygen atoms in total. The molecule has 0 aromatic heterocycles. The molecule has 2 rings (SSSR count). The second-order valence-electron chi connectivity index (χ2n) is 6.55. The van der Waals surface area contributed by atoms with Crippen LogP contribution in [0.25, 0.3) is 0 Å². The van der Waals surface area contributed by atoms with Crippen LogP contribution < -0.4 is 10.0 Å². The Bertz CT molecular complexity index is 857. The lowest BCUT2D eigenvalue weighted by Crippen LogP contribution is -2.27. The Morgan fingerprint density at radius 1 is 1.04 bits per heavy atom. The standard InChI is InChI=1S/C19H24N2O3S/c1-13(2)12-20-19(22)16-7-10-18(15(4)11-16)21-25(23,24)17-8-5-14(3)6-9-17/h5-11,13,21H,12H2,1-4H3,(H,20,22). The van der Waals surface area contributed by atoms with Crippen molar-refractivity contribution in [2.45, 2.75) is 32.6 Å². The second kappa shape index (κ2) is 7.70. The van der Waals surface area contributed by atoms with Gasteiger partial charge in [-0.05, 0) is 55.7 Å². The smallest absolute Gasteiger partial charge is 0.261 e. The van der Waals surface area contributed by atoms with E-state index in [1.807, 2.05) is 20.8 Å². The zero-order valence-corrected chi connectivity index (χ0v) is 15.8. The van der Waals surface area contributed by atoms with Crippen molar-refractivity contribution in [3.05, 3.63) is 59.2 Å². The van der Waals surface area contributed by atoms with Gasteiger partial charge < -0.3 is 5.32 Å². The fraction of sp³-hybridized carbons (Fsp3) is 0.316. The molecule has 0 spiro atoms. The average molecular weight is 360 g/mol. The number of hydrogen-bond acceptors (Lipinski definition) is 3. The summed E-state index contributed by atoms with van der Waals surface area (Å²) in [6.45, 7) is 8.31. The lowest BCUT2D eigenvalue weighted by Gasteiger charge is -2.13. The molecule has 0 aliphatic heterocycles. The number of amides is 1. The van der Waals surface area contributed by atoms with Gasteiger partial charge in [0.05, 0.1) is 10.6 Å². The summed E-state index contributed by atoms with van der Waals surface area (Å²) in [4.78, 5) is 12.3. The summed E-state index contributed by atoms with van der Waals surface area (Å²) in [7, 11) is -3.66. The Kier molecular flexibility index (Phi) is 5.85. The first kappa shape index (κ1) is 19.0. The van der Waals surface area contributed by atoms with Crippen molar-refractivity contribution in [3.8, 4) is 0 Å². The van der Waals surface area contributed by atoms with Crippen molar-refractivity contribution < 1.29 is 13.2 Å². The summed E-state index contributed by atoms with van der Waals surface area (Å²) < 4.78 is 27.5. The van der Waals surface area contributed by atoms with Crippen LogP contribution in [0, 0.1) is 19.8 Å². The summed E-state index contributed by atoms with van der Waals surface area (Å²) in [5.41, 5.74) is 2.65. The van der Waals surface area contributed by atoms with Gasteiger partial charge in [-0.25, -0.2) is 8.42 Å². The number of nitrogens with one attached hydrogen (secondary N) is 2. The number of carbonyl (C=O) groups is 1. The van der Waals surface area contributed by atoms with Gasteiger partial charge >= 0.3 is 0 Å². The Morgan fingerprint density at radius 3 is 2.24 bits per heavy atom. The maximum absolute atomic E-state index is 12.5. The minimum Gasteiger partial charge on any atom is -0.352 e. The molecule has 25 heavy (non-hydrogen) atoms. The van der Waals surface area contributed by atoms with Crippen LogP contribution in [0.4, 0.5) is 5.69 Å². The molecule has 2 aromatic rings. The van der Waals surface area contributed by atoms with E-state index >= 15 is 0 Å². The molecule has 2 aromatic carbocycles. The number of rotatable bonds is 6.